The maximum Gasteiger partial charge on any atom is 0.119 e. The summed E-state index contributed by atoms with van der Waals surface area (Å²) in [6.45, 7) is 5.98. The standard InChI is InChI=1S/C41H48N4O4/c1-47-25-28-21-30(48-2)10-12-32(28)34-8-5-7-27-22-38-37(24-43-17-19-45(38)40(27)34)41(46)36-23-31(49-3)11-13-33(36)35-9-4-6-26-20-29-14-15-42-16-18-44(29)39(26)35/h4-13,21,23,29,37-38,41-43,46H,14-20,22,24-25H2,1-3H3. The Bertz CT molecular complexity index is 1830. The third-order valence-electron chi connectivity index (χ3n) is 11.3. The minimum Gasteiger partial charge on any atom is -0.497 e. The number of nitrogens with zero attached hydrogens (tertiary/aromatic N) is 2. The Morgan fingerprint density at radius 2 is 1.41 bits per heavy atom. The Morgan fingerprint density at radius 1 is 0.735 bits per heavy atom. The zero-order valence-corrected chi connectivity index (χ0v) is 28.9. The van der Waals surface area contributed by atoms with Gasteiger partial charge in [-0.3, -0.25) is 0 Å². The molecule has 49 heavy (non-hydrogen) atoms. The molecule has 4 atom stereocenters. The van der Waals surface area contributed by atoms with Gasteiger partial charge in [0.05, 0.1) is 26.9 Å². The Hall–Kier alpha value is -4.08. The van der Waals surface area contributed by atoms with Gasteiger partial charge in [-0.2, -0.15) is 0 Å². The molecule has 256 valence electrons. The van der Waals surface area contributed by atoms with Crippen LogP contribution in [-0.4, -0.2) is 77.8 Å². The van der Waals surface area contributed by atoms with Crippen LogP contribution in [0.3, 0.4) is 0 Å². The summed E-state index contributed by atoms with van der Waals surface area (Å²) in [7, 11) is 5.15. The van der Waals surface area contributed by atoms with E-state index in [2.05, 4.69) is 81.1 Å². The van der Waals surface area contributed by atoms with Crippen LogP contribution in [0.2, 0.25) is 0 Å². The van der Waals surface area contributed by atoms with E-state index in [1.807, 2.05) is 12.1 Å². The summed E-state index contributed by atoms with van der Waals surface area (Å²) in [4.78, 5) is 5.18. The van der Waals surface area contributed by atoms with Crippen LogP contribution in [0.25, 0.3) is 22.3 Å². The summed E-state index contributed by atoms with van der Waals surface area (Å²) < 4.78 is 17.0. The van der Waals surface area contributed by atoms with Gasteiger partial charge in [0.1, 0.15) is 11.5 Å². The number of aliphatic hydroxyl groups excluding tert-OH is 1. The van der Waals surface area contributed by atoms with Gasteiger partial charge < -0.3 is 39.8 Å². The van der Waals surface area contributed by atoms with E-state index in [4.69, 9.17) is 14.2 Å². The molecule has 0 spiro atoms. The van der Waals surface area contributed by atoms with Crippen LogP contribution in [0.15, 0.2) is 72.8 Å². The van der Waals surface area contributed by atoms with Crippen LogP contribution in [0.4, 0.5) is 11.4 Å². The van der Waals surface area contributed by atoms with Gasteiger partial charge in [-0.25, -0.2) is 0 Å². The molecular weight excluding hydrogens is 612 g/mol. The van der Waals surface area contributed by atoms with Gasteiger partial charge in [0, 0.05) is 80.3 Å². The molecule has 4 heterocycles. The average molecular weight is 661 g/mol. The second kappa shape index (κ2) is 13.7. The van der Waals surface area contributed by atoms with Crippen molar-refractivity contribution in [3.63, 3.8) is 0 Å². The molecule has 8 heteroatoms. The lowest BCUT2D eigenvalue weighted by atomic mass is 9.83. The van der Waals surface area contributed by atoms with Gasteiger partial charge in [-0.15, -0.1) is 0 Å². The fraction of sp³-hybridized carbons (Fsp3) is 0.415. The molecule has 4 aliphatic rings. The third kappa shape index (κ3) is 5.74. The Morgan fingerprint density at radius 3 is 2.18 bits per heavy atom. The second-order valence-corrected chi connectivity index (χ2v) is 13.9. The highest BCUT2D eigenvalue weighted by atomic mass is 16.5. The number of hydrogen-bond donors (Lipinski definition) is 3. The molecule has 8 nitrogen and oxygen atoms in total. The SMILES string of the molecule is COCc1cc(OC)ccc1-c1cccc2c1N1CCNCC(C(O)c3cc(OC)ccc3-c3cccc4c3N3CCNCCC3C4)C1C2. The highest BCUT2D eigenvalue weighted by Gasteiger charge is 2.42. The molecule has 2 saturated heterocycles. The van der Waals surface area contributed by atoms with E-state index in [-0.39, 0.29) is 12.0 Å². The smallest absolute Gasteiger partial charge is 0.119 e. The summed E-state index contributed by atoms with van der Waals surface area (Å²) in [5.74, 6) is 1.54. The summed E-state index contributed by atoms with van der Waals surface area (Å²) in [5.41, 5.74) is 12.0. The monoisotopic (exact) mass is 660 g/mol. The van der Waals surface area contributed by atoms with Crippen LogP contribution in [0.5, 0.6) is 11.5 Å². The summed E-state index contributed by atoms with van der Waals surface area (Å²) in [5, 5.41) is 20.0. The molecule has 4 aromatic carbocycles. The lowest BCUT2D eigenvalue weighted by molar-refractivity contribution is 0.0958. The predicted octanol–water partition coefficient (Wildman–Crippen LogP) is 5.59. The van der Waals surface area contributed by atoms with Crippen molar-refractivity contribution in [2.24, 2.45) is 5.92 Å². The van der Waals surface area contributed by atoms with Crippen LogP contribution in [0, 0.1) is 5.92 Å². The van der Waals surface area contributed by atoms with Crippen LogP contribution < -0.4 is 29.9 Å². The average Bonchev–Trinajstić information content (AvgIpc) is 3.49. The van der Waals surface area contributed by atoms with Crippen molar-refractivity contribution in [1.82, 2.24) is 10.6 Å². The maximum atomic E-state index is 12.7. The third-order valence-corrected chi connectivity index (χ3v) is 11.3. The van der Waals surface area contributed by atoms with Crippen molar-refractivity contribution in [2.75, 3.05) is 70.4 Å². The minimum absolute atomic E-state index is 0.0465. The Kier molecular flexibility index (Phi) is 8.97. The van der Waals surface area contributed by atoms with E-state index in [1.54, 1.807) is 21.3 Å². The van der Waals surface area contributed by atoms with Gasteiger partial charge >= 0.3 is 0 Å². The molecule has 8 rings (SSSR count). The highest BCUT2D eigenvalue weighted by Crippen LogP contribution is 2.49. The molecule has 0 bridgehead atoms. The first-order chi connectivity index (χ1) is 24.1. The topological polar surface area (TPSA) is 78.5 Å². The summed E-state index contributed by atoms with van der Waals surface area (Å²) in [6.07, 6.45) is 2.39. The number of benzene rings is 4. The molecule has 4 aliphatic heterocycles. The van der Waals surface area contributed by atoms with Crippen LogP contribution in [-0.2, 0) is 24.2 Å². The van der Waals surface area contributed by atoms with Crippen molar-refractivity contribution in [3.8, 4) is 33.8 Å². The van der Waals surface area contributed by atoms with Crippen molar-refractivity contribution < 1.29 is 19.3 Å². The van der Waals surface area contributed by atoms with Gasteiger partial charge in [0.25, 0.3) is 0 Å². The number of nitrogens with one attached hydrogen (secondary N) is 2. The fourth-order valence-corrected chi connectivity index (χ4v) is 9.03. The minimum atomic E-state index is -0.704. The quantitative estimate of drug-likeness (QED) is 0.226. The second-order valence-electron chi connectivity index (χ2n) is 13.9. The number of rotatable bonds is 8. The normalized spacial score (nSPS) is 22.0. The van der Waals surface area contributed by atoms with E-state index in [9.17, 15) is 5.11 Å². The summed E-state index contributed by atoms with van der Waals surface area (Å²) >= 11 is 0. The van der Waals surface area contributed by atoms with Crippen LogP contribution >= 0.6 is 0 Å². The van der Waals surface area contributed by atoms with E-state index in [0.29, 0.717) is 12.6 Å². The zero-order chi connectivity index (χ0) is 33.5. The molecule has 2 fully saturated rings. The maximum absolute atomic E-state index is 12.7. The molecule has 4 aromatic rings. The molecule has 3 N–H and O–H groups in total. The lowest BCUT2D eigenvalue weighted by Crippen LogP contribution is -2.41. The molecule has 0 radical (unpaired) electrons. The van der Waals surface area contributed by atoms with Crippen LogP contribution in [0.1, 0.15) is 34.8 Å². The molecular formula is C41H48N4O4. The fourth-order valence-electron chi connectivity index (χ4n) is 9.03. The zero-order valence-electron chi connectivity index (χ0n) is 28.9. The van der Waals surface area contributed by atoms with Gasteiger partial charge in [0.15, 0.2) is 0 Å². The molecule has 0 saturated carbocycles. The van der Waals surface area contributed by atoms with E-state index >= 15 is 0 Å². The number of para-hydroxylation sites is 2. The first-order valence-corrected chi connectivity index (χ1v) is 17.8. The number of aliphatic hydroxyl groups is 1. The number of methoxy groups -OCH3 is 3. The van der Waals surface area contributed by atoms with Crippen molar-refractivity contribution in [3.05, 3.63) is 95.1 Å². The van der Waals surface area contributed by atoms with Gasteiger partial charge in [-0.1, -0.05) is 48.5 Å². The molecule has 4 unspecified atom stereocenters. The predicted molar refractivity (Wildman–Crippen MR) is 196 cm³/mol. The molecule has 0 aromatic heterocycles. The number of hydrogen-bond acceptors (Lipinski definition) is 8. The van der Waals surface area contributed by atoms with Gasteiger partial charge in [0.2, 0.25) is 0 Å². The highest BCUT2D eigenvalue weighted by molar-refractivity contribution is 5.86. The first kappa shape index (κ1) is 32.1. The Balaban J connectivity index is 1.19. The van der Waals surface area contributed by atoms with Gasteiger partial charge in [-0.05, 0) is 83.5 Å². The number of fused-ring (bicyclic) bond motifs is 6. The lowest BCUT2D eigenvalue weighted by Gasteiger charge is -2.35. The van der Waals surface area contributed by atoms with E-state index in [0.717, 1.165) is 92.3 Å². The largest absolute Gasteiger partial charge is 0.497 e. The van der Waals surface area contributed by atoms with Crippen molar-refractivity contribution in [1.29, 1.82) is 0 Å². The number of ether oxygens (including phenoxy) is 3. The van der Waals surface area contributed by atoms with E-state index < -0.39 is 6.10 Å². The first-order valence-electron chi connectivity index (χ1n) is 17.8. The molecule has 0 aliphatic carbocycles. The Labute approximate surface area is 290 Å². The number of anilines is 2. The summed E-state index contributed by atoms with van der Waals surface area (Å²) in [6, 6.07) is 26.6. The van der Waals surface area contributed by atoms with Crippen molar-refractivity contribution >= 4 is 11.4 Å². The van der Waals surface area contributed by atoms with Crippen molar-refractivity contribution in [2.45, 2.75) is 44.1 Å². The molecule has 0 amide bonds. The van der Waals surface area contributed by atoms with E-state index in [1.165, 1.54) is 33.6 Å².